The van der Waals surface area contributed by atoms with E-state index in [1.54, 1.807) is 0 Å². The van der Waals surface area contributed by atoms with Crippen molar-refractivity contribution >= 4 is 20.4 Å². The molecule has 0 aliphatic carbocycles. The second-order valence-corrected chi connectivity index (χ2v) is 15.2. The molecule has 2 heteroatoms. The number of alkyl halides is 1. The number of unbranched alkanes of at least 4 members (excludes halogenated alkanes) is 20. The van der Waals surface area contributed by atoms with Crippen molar-refractivity contribution in [2.45, 2.75) is 186 Å². The monoisotopic (exact) mass is 486 g/mol. The predicted octanol–water partition coefficient (Wildman–Crippen LogP) is 11.6. The van der Waals surface area contributed by atoms with Gasteiger partial charge in [-0.05, 0) is 18.8 Å². The fourth-order valence-electron chi connectivity index (χ4n) is 5.15. The summed E-state index contributed by atoms with van der Waals surface area (Å²) in [7, 11) is -0.728. The third-order valence-electron chi connectivity index (χ3n) is 7.44. The lowest BCUT2D eigenvalue weighted by Crippen LogP contribution is -2.28. The van der Waals surface area contributed by atoms with Crippen molar-refractivity contribution in [2.75, 3.05) is 0 Å². The maximum Gasteiger partial charge on any atom is 0.0522 e. The highest BCUT2D eigenvalue weighted by Gasteiger charge is 2.22. The van der Waals surface area contributed by atoms with Crippen LogP contribution in [0.3, 0.4) is 0 Å². The van der Waals surface area contributed by atoms with E-state index < -0.39 is 8.80 Å². The molecule has 0 aromatic rings. The number of halogens is 1. The molecule has 32 heavy (non-hydrogen) atoms. The van der Waals surface area contributed by atoms with Gasteiger partial charge < -0.3 is 0 Å². The van der Waals surface area contributed by atoms with Crippen molar-refractivity contribution in [3.63, 3.8) is 0 Å². The molecule has 0 radical (unpaired) electrons. The summed E-state index contributed by atoms with van der Waals surface area (Å²) in [5, 5.41) is 0.515. The molecule has 0 aromatic heterocycles. The number of hydrogen-bond acceptors (Lipinski definition) is 0. The van der Waals surface area contributed by atoms with E-state index in [1.807, 2.05) is 0 Å². The highest BCUT2D eigenvalue weighted by molar-refractivity contribution is 6.67. The van der Waals surface area contributed by atoms with Crippen molar-refractivity contribution in [1.82, 2.24) is 0 Å². The van der Waals surface area contributed by atoms with Gasteiger partial charge in [0.05, 0.1) is 8.80 Å². The van der Waals surface area contributed by atoms with E-state index in [4.69, 9.17) is 11.6 Å². The van der Waals surface area contributed by atoms with E-state index in [1.165, 1.54) is 154 Å². The molecule has 0 rings (SSSR count). The Hall–Kier alpha value is 0.507. The van der Waals surface area contributed by atoms with Gasteiger partial charge in [-0.3, -0.25) is 0 Å². The third kappa shape index (κ3) is 22.3. The first kappa shape index (κ1) is 32.5. The van der Waals surface area contributed by atoms with Gasteiger partial charge in [0, 0.05) is 5.00 Å². The van der Waals surface area contributed by atoms with Crippen LogP contribution in [-0.4, -0.2) is 13.8 Å². The molecule has 0 aliphatic rings. The largest absolute Gasteiger partial charge is 0.127 e. The van der Waals surface area contributed by atoms with E-state index in [2.05, 4.69) is 26.9 Å². The van der Waals surface area contributed by atoms with Gasteiger partial charge in [-0.15, -0.1) is 11.6 Å². The van der Waals surface area contributed by atoms with E-state index in [0.29, 0.717) is 5.00 Å². The van der Waals surface area contributed by atoms with E-state index in [-0.39, 0.29) is 0 Å². The molecule has 0 N–H and O–H groups in total. The molecule has 2 unspecified atom stereocenters. The normalized spacial score (nSPS) is 13.7. The summed E-state index contributed by atoms with van der Waals surface area (Å²) >= 11 is 6.90. The summed E-state index contributed by atoms with van der Waals surface area (Å²) in [6.45, 7) is 9.50. The average molecular weight is 487 g/mol. The molecule has 0 aromatic carbocycles. The molecule has 2 atom stereocenters. The van der Waals surface area contributed by atoms with Gasteiger partial charge >= 0.3 is 0 Å². The molecule has 0 fully saturated rings. The Labute approximate surface area is 212 Å². The molecule has 0 heterocycles. The molecule has 0 amide bonds. The average Bonchev–Trinajstić information content (AvgIpc) is 2.79. The first-order chi connectivity index (χ1) is 15.6. The standard InChI is InChI=1S/C30H63ClSi/c1-5-7-9-11-13-15-16-17-18-19-20-22-24-26-28-29(30(31)32(3)4)27-25-23-21-14-12-10-8-6-2/h29-30,32H,5-28H2,1-4H3. The first-order valence-electron chi connectivity index (χ1n) is 15.3. The van der Waals surface area contributed by atoms with Crippen LogP contribution in [0.5, 0.6) is 0 Å². The van der Waals surface area contributed by atoms with Crippen LogP contribution in [0.25, 0.3) is 0 Å². The van der Waals surface area contributed by atoms with Crippen LogP contribution in [0, 0.1) is 5.92 Å². The van der Waals surface area contributed by atoms with E-state index in [0.717, 1.165) is 5.92 Å². The molecular formula is C30H63ClSi. The Balaban J connectivity index is 3.64. The number of hydrogen-bond donors (Lipinski definition) is 0. The molecule has 0 bridgehead atoms. The Bertz CT molecular complexity index is 344. The zero-order valence-electron chi connectivity index (χ0n) is 23.1. The number of rotatable bonds is 26. The predicted molar refractivity (Wildman–Crippen MR) is 154 cm³/mol. The summed E-state index contributed by atoms with van der Waals surface area (Å²) in [4.78, 5) is 0. The van der Waals surface area contributed by atoms with Crippen LogP contribution in [0.2, 0.25) is 13.1 Å². The zero-order valence-corrected chi connectivity index (χ0v) is 25.0. The Kier molecular flexibility index (Phi) is 26.5. The van der Waals surface area contributed by atoms with Gasteiger partial charge in [-0.1, -0.05) is 168 Å². The van der Waals surface area contributed by atoms with Crippen LogP contribution < -0.4 is 0 Å². The SMILES string of the molecule is CCCCCCCCCCCCCCCCC(CCCCCCCCCC)C(Cl)[SiH](C)C. The van der Waals surface area contributed by atoms with Gasteiger partial charge in [-0.2, -0.15) is 0 Å². The molecule has 0 aliphatic heterocycles. The Morgan fingerprint density at radius 2 is 0.688 bits per heavy atom. The smallest absolute Gasteiger partial charge is 0.0522 e. The van der Waals surface area contributed by atoms with Gasteiger partial charge in [0.2, 0.25) is 0 Å². The van der Waals surface area contributed by atoms with Crippen LogP contribution >= 0.6 is 11.6 Å². The van der Waals surface area contributed by atoms with Crippen LogP contribution in [0.15, 0.2) is 0 Å². The lowest BCUT2D eigenvalue weighted by atomic mass is 9.95. The third-order valence-corrected chi connectivity index (χ3v) is 11.1. The van der Waals surface area contributed by atoms with Gasteiger partial charge in [0.25, 0.3) is 0 Å². The molecule has 0 saturated carbocycles. The lowest BCUT2D eigenvalue weighted by Gasteiger charge is -2.25. The minimum absolute atomic E-state index is 0.515. The summed E-state index contributed by atoms with van der Waals surface area (Å²) in [6, 6.07) is 0. The summed E-state index contributed by atoms with van der Waals surface area (Å²) in [5.41, 5.74) is 0. The fourth-order valence-corrected chi connectivity index (χ4v) is 6.87. The van der Waals surface area contributed by atoms with Gasteiger partial charge in [-0.25, -0.2) is 0 Å². The van der Waals surface area contributed by atoms with Crippen molar-refractivity contribution in [3.8, 4) is 0 Å². The van der Waals surface area contributed by atoms with E-state index in [9.17, 15) is 0 Å². The van der Waals surface area contributed by atoms with Crippen LogP contribution in [-0.2, 0) is 0 Å². The minimum atomic E-state index is -0.728. The Morgan fingerprint density at radius 1 is 0.438 bits per heavy atom. The summed E-state index contributed by atoms with van der Waals surface area (Å²) in [6.07, 6.45) is 34.6. The molecule has 0 spiro atoms. The zero-order chi connectivity index (χ0) is 23.7. The quantitative estimate of drug-likeness (QED) is 0.0647. The van der Waals surface area contributed by atoms with Crippen molar-refractivity contribution in [3.05, 3.63) is 0 Å². The van der Waals surface area contributed by atoms with Gasteiger partial charge in [0.15, 0.2) is 0 Å². The lowest BCUT2D eigenvalue weighted by molar-refractivity contribution is 0.418. The molecule has 194 valence electrons. The maximum atomic E-state index is 6.90. The first-order valence-corrected chi connectivity index (χ1v) is 18.7. The topological polar surface area (TPSA) is 0 Å². The summed E-state index contributed by atoms with van der Waals surface area (Å²) < 4.78 is 0. The van der Waals surface area contributed by atoms with E-state index >= 15 is 0 Å². The second-order valence-electron chi connectivity index (χ2n) is 11.1. The second kappa shape index (κ2) is 26.1. The highest BCUT2D eigenvalue weighted by Crippen LogP contribution is 2.27. The molecule has 0 nitrogen and oxygen atoms in total. The fraction of sp³-hybridized carbons (Fsp3) is 1.00. The Morgan fingerprint density at radius 3 is 0.938 bits per heavy atom. The maximum absolute atomic E-state index is 6.90. The van der Waals surface area contributed by atoms with Gasteiger partial charge in [0.1, 0.15) is 0 Å². The molecule has 0 saturated heterocycles. The summed E-state index contributed by atoms with van der Waals surface area (Å²) in [5.74, 6) is 0.806. The van der Waals surface area contributed by atoms with Crippen molar-refractivity contribution in [2.24, 2.45) is 5.92 Å². The minimum Gasteiger partial charge on any atom is -0.127 e. The highest BCUT2D eigenvalue weighted by atomic mass is 35.5. The van der Waals surface area contributed by atoms with Crippen molar-refractivity contribution in [1.29, 1.82) is 0 Å². The van der Waals surface area contributed by atoms with Crippen molar-refractivity contribution < 1.29 is 0 Å². The van der Waals surface area contributed by atoms with Crippen LogP contribution in [0.4, 0.5) is 0 Å². The molecular weight excluding hydrogens is 424 g/mol. The van der Waals surface area contributed by atoms with Crippen LogP contribution in [0.1, 0.15) is 168 Å².